The number of anilines is 1. The molecule has 1 aliphatic heterocycles. The lowest BCUT2D eigenvalue weighted by molar-refractivity contribution is -0.139. The standard InChI is InChI=1S/C28H23N3O8S/c1-38-27(33)24-23(17-6-4-3-5-7-17)20(15-29)26(30)31(25(24)28(34)39-2)21-13-10-18(14-22(21)40(35,36)37)16-8-11-19(32)12-9-16/h3-14,23,32H,30H2,1-2H3,(H,35,36,37). The summed E-state index contributed by atoms with van der Waals surface area (Å²) in [5.74, 6) is -3.61. The Labute approximate surface area is 229 Å². The van der Waals surface area contributed by atoms with Gasteiger partial charge in [-0.1, -0.05) is 48.5 Å². The second-order valence-corrected chi connectivity index (χ2v) is 9.93. The molecule has 1 heterocycles. The first kappa shape index (κ1) is 27.9. The molecule has 0 saturated carbocycles. The first-order valence-electron chi connectivity index (χ1n) is 11.6. The number of nitrogens with two attached hydrogens (primary N) is 1. The van der Waals surface area contributed by atoms with E-state index < -0.39 is 38.6 Å². The Bertz CT molecular complexity index is 1710. The number of aromatic hydroxyl groups is 1. The summed E-state index contributed by atoms with van der Waals surface area (Å²) in [6.45, 7) is 0. The Morgan fingerprint density at radius 3 is 2.10 bits per heavy atom. The Morgan fingerprint density at radius 1 is 0.950 bits per heavy atom. The number of ether oxygens (including phenoxy) is 2. The van der Waals surface area contributed by atoms with E-state index >= 15 is 0 Å². The quantitative estimate of drug-likeness (QED) is 0.297. The van der Waals surface area contributed by atoms with Crippen molar-refractivity contribution in [1.29, 1.82) is 5.26 Å². The van der Waals surface area contributed by atoms with Crippen LogP contribution in [0.5, 0.6) is 5.75 Å². The summed E-state index contributed by atoms with van der Waals surface area (Å²) in [6, 6.07) is 20.0. The number of carbonyl (C=O) groups is 2. The molecule has 0 radical (unpaired) electrons. The number of benzene rings is 3. The van der Waals surface area contributed by atoms with E-state index in [1.807, 2.05) is 6.07 Å². The molecule has 0 spiro atoms. The van der Waals surface area contributed by atoms with Gasteiger partial charge in [0.1, 0.15) is 22.2 Å². The highest BCUT2D eigenvalue weighted by Crippen LogP contribution is 2.45. The van der Waals surface area contributed by atoms with Crippen molar-refractivity contribution in [2.24, 2.45) is 5.73 Å². The van der Waals surface area contributed by atoms with E-state index in [2.05, 4.69) is 0 Å². The molecule has 12 heteroatoms. The van der Waals surface area contributed by atoms with Crippen LogP contribution < -0.4 is 10.6 Å². The monoisotopic (exact) mass is 561 g/mol. The van der Waals surface area contributed by atoms with Gasteiger partial charge in [0.05, 0.1) is 43.0 Å². The van der Waals surface area contributed by atoms with Gasteiger partial charge in [-0.25, -0.2) is 9.59 Å². The second-order valence-electron chi connectivity index (χ2n) is 8.54. The van der Waals surface area contributed by atoms with Gasteiger partial charge < -0.3 is 20.3 Å². The van der Waals surface area contributed by atoms with Crippen LogP contribution in [0.2, 0.25) is 0 Å². The number of carbonyl (C=O) groups excluding carboxylic acids is 2. The molecule has 0 bridgehead atoms. The SMILES string of the molecule is COC(=O)C1=C(C(=O)OC)N(c2ccc(-c3ccc(O)cc3)cc2S(=O)(=O)O)C(N)=C(C#N)C1c1ccccc1. The minimum atomic E-state index is -4.98. The molecular weight excluding hydrogens is 538 g/mol. The largest absolute Gasteiger partial charge is 0.508 e. The molecule has 1 unspecified atom stereocenters. The molecule has 1 aliphatic rings. The van der Waals surface area contributed by atoms with Crippen LogP contribution in [0.1, 0.15) is 11.5 Å². The lowest BCUT2D eigenvalue weighted by Gasteiger charge is -2.36. The van der Waals surface area contributed by atoms with Crippen LogP contribution >= 0.6 is 0 Å². The smallest absolute Gasteiger partial charge is 0.355 e. The van der Waals surface area contributed by atoms with E-state index in [1.54, 1.807) is 30.3 Å². The number of allylic oxidation sites excluding steroid dienone is 1. The zero-order valence-electron chi connectivity index (χ0n) is 21.2. The van der Waals surface area contributed by atoms with Crippen molar-refractivity contribution in [1.82, 2.24) is 0 Å². The highest BCUT2D eigenvalue weighted by Gasteiger charge is 2.44. The minimum Gasteiger partial charge on any atom is -0.508 e. The van der Waals surface area contributed by atoms with Crippen molar-refractivity contribution >= 4 is 27.7 Å². The van der Waals surface area contributed by atoms with Crippen LogP contribution in [0.15, 0.2) is 100 Å². The number of nitriles is 1. The predicted octanol–water partition coefficient (Wildman–Crippen LogP) is 3.20. The van der Waals surface area contributed by atoms with Crippen LogP contribution in [0.4, 0.5) is 5.69 Å². The first-order valence-corrected chi connectivity index (χ1v) is 13.0. The normalized spacial score (nSPS) is 15.4. The van der Waals surface area contributed by atoms with Gasteiger partial charge in [-0.3, -0.25) is 9.45 Å². The molecule has 3 aromatic rings. The molecule has 11 nitrogen and oxygen atoms in total. The molecule has 4 rings (SSSR count). The van der Waals surface area contributed by atoms with Gasteiger partial charge in [0.25, 0.3) is 10.1 Å². The minimum absolute atomic E-state index is 0.0122. The summed E-state index contributed by atoms with van der Waals surface area (Å²) in [5.41, 5.74) is 6.37. The molecule has 0 saturated heterocycles. The van der Waals surface area contributed by atoms with E-state index in [9.17, 15) is 32.9 Å². The first-order chi connectivity index (χ1) is 19.0. The summed E-state index contributed by atoms with van der Waals surface area (Å²) >= 11 is 0. The third kappa shape index (κ3) is 4.98. The molecular formula is C28H23N3O8S. The van der Waals surface area contributed by atoms with Crippen molar-refractivity contribution in [3.8, 4) is 22.9 Å². The van der Waals surface area contributed by atoms with Gasteiger partial charge >= 0.3 is 11.9 Å². The topological polar surface area (TPSA) is 180 Å². The fourth-order valence-corrected chi connectivity index (χ4v) is 5.20. The summed E-state index contributed by atoms with van der Waals surface area (Å²) in [7, 11) is -2.84. The van der Waals surface area contributed by atoms with Crippen LogP contribution in [0.3, 0.4) is 0 Å². The summed E-state index contributed by atoms with van der Waals surface area (Å²) in [5, 5.41) is 19.8. The Morgan fingerprint density at radius 2 is 1.55 bits per heavy atom. The number of nitrogens with zero attached hydrogens (tertiary/aromatic N) is 2. The molecule has 4 N–H and O–H groups in total. The van der Waals surface area contributed by atoms with Crippen LogP contribution in [-0.2, 0) is 29.2 Å². The number of hydrogen-bond donors (Lipinski definition) is 3. The van der Waals surface area contributed by atoms with Crippen molar-refractivity contribution in [3.63, 3.8) is 0 Å². The Kier molecular flexibility index (Phi) is 7.63. The van der Waals surface area contributed by atoms with Crippen molar-refractivity contribution in [2.45, 2.75) is 10.8 Å². The Balaban J connectivity index is 2.09. The number of rotatable bonds is 6. The number of phenols is 1. The summed E-state index contributed by atoms with van der Waals surface area (Å²) < 4.78 is 45.4. The molecule has 3 aromatic carbocycles. The van der Waals surface area contributed by atoms with Crippen molar-refractivity contribution < 1.29 is 37.1 Å². The van der Waals surface area contributed by atoms with E-state index in [0.29, 0.717) is 16.7 Å². The third-order valence-electron chi connectivity index (χ3n) is 6.29. The molecule has 0 aliphatic carbocycles. The van der Waals surface area contributed by atoms with Crippen LogP contribution in [0.25, 0.3) is 11.1 Å². The molecule has 0 aromatic heterocycles. The van der Waals surface area contributed by atoms with Gasteiger partial charge in [-0.05, 0) is 41.0 Å². The summed E-state index contributed by atoms with van der Waals surface area (Å²) in [6.07, 6.45) is 0. The maximum Gasteiger partial charge on any atom is 0.355 e. The number of phenolic OH excluding ortho intramolecular Hbond substituents is 1. The lowest BCUT2D eigenvalue weighted by Crippen LogP contribution is -2.41. The van der Waals surface area contributed by atoms with E-state index in [4.69, 9.17) is 15.2 Å². The fourth-order valence-electron chi connectivity index (χ4n) is 4.50. The van der Waals surface area contributed by atoms with Gasteiger partial charge in [0.15, 0.2) is 0 Å². The molecule has 1 atom stereocenters. The average molecular weight is 562 g/mol. The van der Waals surface area contributed by atoms with E-state index in [1.165, 1.54) is 36.4 Å². The maximum atomic E-state index is 13.3. The Hall–Kier alpha value is -5.12. The maximum absolute atomic E-state index is 13.3. The fraction of sp³-hybridized carbons (Fsp3) is 0.107. The average Bonchev–Trinajstić information content (AvgIpc) is 2.95. The zero-order chi connectivity index (χ0) is 29.2. The van der Waals surface area contributed by atoms with Gasteiger partial charge in [-0.15, -0.1) is 0 Å². The predicted molar refractivity (Wildman–Crippen MR) is 143 cm³/mol. The van der Waals surface area contributed by atoms with Crippen molar-refractivity contribution in [2.75, 3.05) is 19.1 Å². The zero-order valence-corrected chi connectivity index (χ0v) is 22.0. The van der Waals surface area contributed by atoms with Gasteiger partial charge in [0, 0.05) is 0 Å². The number of methoxy groups -OCH3 is 2. The van der Waals surface area contributed by atoms with Crippen LogP contribution in [0, 0.1) is 11.3 Å². The number of hydrogen-bond acceptors (Lipinski definition) is 10. The van der Waals surface area contributed by atoms with Gasteiger partial charge in [-0.2, -0.15) is 13.7 Å². The third-order valence-corrected chi connectivity index (χ3v) is 7.17. The summed E-state index contributed by atoms with van der Waals surface area (Å²) in [4.78, 5) is 26.7. The van der Waals surface area contributed by atoms with Gasteiger partial charge in [0.2, 0.25) is 0 Å². The number of esters is 2. The molecule has 204 valence electrons. The molecule has 0 amide bonds. The lowest BCUT2D eigenvalue weighted by atomic mass is 9.81. The molecule has 40 heavy (non-hydrogen) atoms. The van der Waals surface area contributed by atoms with Crippen LogP contribution in [-0.4, -0.2) is 44.2 Å². The van der Waals surface area contributed by atoms with Crippen molar-refractivity contribution in [3.05, 3.63) is 101 Å². The second kappa shape index (κ2) is 10.9. The highest BCUT2D eigenvalue weighted by atomic mass is 32.2. The van der Waals surface area contributed by atoms with E-state index in [0.717, 1.165) is 25.2 Å². The van der Waals surface area contributed by atoms with E-state index in [-0.39, 0.29) is 28.4 Å². The molecule has 0 fully saturated rings. The highest BCUT2D eigenvalue weighted by molar-refractivity contribution is 7.86.